The number of furan rings is 1. The summed E-state index contributed by atoms with van der Waals surface area (Å²) in [5, 5.41) is 10.3. The van der Waals surface area contributed by atoms with Gasteiger partial charge in [-0.3, -0.25) is 0 Å². The lowest BCUT2D eigenvalue weighted by Gasteiger charge is -2.21. The first-order valence-electron chi connectivity index (χ1n) is 12.2. The van der Waals surface area contributed by atoms with Crippen molar-refractivity contribution in [2.45, 2.75) is 51.7 Å². The summed E-state index contributed by atoms with van der Waals surface area (Å²) in [5.41, 5.74) is 1.69. The average molecular weight is 489 g/mol. The fourth-order valence-corrected chi connectivity index (χ4v) is 3.95. The molecule has 188 valence electrons. The monoisotopic (exact) mass is 488 g/mol. The molecule has 6 heteroatoms. The summed E-state index contributed by atoms with van der Waals surface area (Å²) in [7, 11) is 0. The molecule has 3 aromatic carbocycles. The number of ether oxygens (including phenoxy) is 3. The van der Waals surface area contributed by atoms with Crippen molar-refractivity contribution in [2.75, 3.05) is 6.61 Å². The molecule has 0 aliphatic carbocycles. The highest BCUT2D eigenvalue weighted by atomic mass is 16.5. The smallest absolute Gasteiger partial charge is 0.347 e. The minimum atomic E-state index is -1.30. The zero-order chi connectivity index (χ0) is 25.5. The van der Waals surface area contributed by atoms with Crippen LogP contribution in [-0.4, -0.2) is 29.4 Å². The van der Waals surface area contributed by atoms with Gasteiger partial charge >= 0.3 is 5.97 Å². The van der Waals surface area contributed by atoms with Crippen molar-refractivity contribution in [1.82, 2.24) is 0 Å². The first-order valence-corrected chi connectivity index (χ1v) is 12.2. The van der Waals surface area contributed by atoms with E-state index in [1.165, 1.54) is 13.8 Å². The molecule has 6 nitrogen and oxygen atoms in total. The summed E-state index contributed by atoms with van der Waals surface area (Å²) in [4.78, 5) is 11.2. The van der Waals surface area contributed by atoms with Crippen molar-refractivity contribution in [1.29, 1.82) is 0 Å². The molecule has 1 atom stereocenters. The molecule has 0 aliphatic heterocycles. The second-order valence-electron chi connectivity index (χ2n) is 9.23. The summed E-state index contributed by atoms with van der Waals surface area (Å²) >= 11 is 0. The van der Waals surface area contributed by atoms with E-state index in [0.717, 1.165) is 47.1 Å². The molecule has 1 N–H and O–H groups in total. The molecule has 4 aromatic rings. The number of aliphatic carboxylic acids is 1. The van der Waals surface area contributed by atoms with Crippen LogP contribution in [0.3, 0.4) is 0 Å². The van der Waals surface area contributed by atoms with Crippen LogP contribution in [-0.2, 0) is 4.79 Å². The molecule has 4 rings (SSSR count). The lowest BCUT2D eigenvalue weighted by Crippen LogP contribution is -2.37. The van der Waals surface area contributed by atoms with Gasteiger partial charge in [-0.25, -0.2) is 4.79 Å². The van der Waals surface area contributed by atoms with Gasteiger partial charge in [0.05, 0.1) is 12.9 Å². The lowest BCUT2D eigenvalue weighted by molar-refractivity contribution is -0.152. The zero-order valence-electron chi connectivity index (χ0n) is 20.9. The third-order valence-corrected chi connectivity index (χ3v) is 5.97. The van der Waals surface area contributed by atoms with Crippen molar-refractivity contribution in [3.05, 3.63) is 79.1 Å². The predicted octanol–water partition coefficient (Wildman–Crippen LogP) is 7.36. The molecule has 0 aliphatic rings. The number of hydrogen-bond acceptors (Lipinski definition) is 5. The maximum atomic E-state index is 11.2. The van der Waals surface area contributed by atoms with E-state index in [2.05, 4.69) is 19.1 Å². The molecular weight excluding hydrogens is 456 g/mol. The Morgan fingerprint density at radius 2 is 1.64 bits per heavy atom. The fraction of sp³-hybridized carbons (Fsp3) is 0.300. The molecule has 1 aromatic heterocycles. The Morgan fingerprint density at radius 3 is 2.33 bits per heavy atom. The standard InChI is InChI=1S/C30H32O6/c1-4-8-23(17-18-33-22-11-13-24(14-12-22)36-30(2,3)29(31)32)35-25-15-16-26-27(20-34-28(26)19-25)21-9-6-5-7-10-21/h5-7,9-16,19-20,23H,4,8,17-18H2,1-3H3,(H,31,32). The number of carboxylic acid groups (broad SMARTS) is 1. The van der Waals surface area contributed by atoms with Gasteiger partial charge in [-0.2, -0.15) is 0 Å². The van der Waals surface area contributed by atoms with Crippen LogP contribution in [0, 0.1) is 0 Å². The maximum Gasteiger partial charge on any atom is 0.347 e. The Morgan fingerprint density at radius 1 is 0.944 bits per heavy atom. The van der Waals surface area contributed by atoms with E-state index in [1.807, 2.05) is 36.4 Å². The van der Waals surface area contributed by atoms with Crippen LogP contribution in [0.2, 0.25) is 0 Å². The van der Waals surface area contributed by atoms with E-state index < -0.39 is 11.6 Å². The number of carbonyl (C=O) groups is 1. The molecule has 0 radical (unpaired) electrons. The SMILES string of the molecule is CCCC(CCOc1ccc(OC(C)(C)C(=O)O)cc1)Oc1ccc2c(-c3ccccc3)coc2c1. The molecule has 36 heavy (non-hydrogen) atoms. The maximum absolute atomic E-state index is 11.2. The normalized spacial score (nSPS) is 12.3. The quantitative estimate of drug-likeness (QED) is 0.224. The van der Waals surface area contributed by atoms with Crippen LogP contribution in [0.15, 0.2) is 83.5 Å². The van der Waals surface area contributed by atoms with E-state index in [9.17, 15) is 9.90 Å². The van der Waals surface area contributed by atoms with Crippen LogP contribution in [0.4, 0.5) is 0 Å². The summed E-state index contributed by atoms with van der Waals surface area (Å²) in [6, 6.07) is 23.1. The second kappa shape index (κ2) is 11.2. The highest BCUT2D eigenvalue weighted by Crippen LogP contribution is 2.33. The zero-order valence-corrected chi connectivity index (χ0v) is 20.9. The van der Waals surface area contributed by atoms with Gasteiger partial charge in [-0.05, 0) is 62.2 Å². The van der Waals surface area contributed by atoms with Gasteiger partial charge in [-0.15, -0.1) is 0 Å². The lowest BCUT2D eigenvalue weighted by atomic mass is 10.0. The minimum Gasteiger partial charge on any atom is -0.493 e. The molecule has 0 amide bonds. The summed E-state index contributed by atoms with van der Waals surface area (Å²) in [5.74, 6) is 0.923. The predicted molar refractivity (Wildman–Crippen MR) is 140 cm³/mol. The summed E-state index contributed by atoms with van der Waals surface area (Å²) in [6.07, 6.45) is 4.43. The van der Waals surface area contributed by atoms with Gasteiger partial charge in [0, 0.05) is 23.4 Å². The summed E-state index contributed by atoms with van der Waals surface area (Å²) < 4.78 is 23.6. The average Bonchev–Trinajstić information content (AvgIpc) is 3.29. The largest absolute Gasteiger partial charge is 0.493 e. The molecule has 1 heterocycles. The number of fused-ring (bicyclic) bond motifs is 1. The van der Waals surface area contributed by atoms with Gasteiger partial charge in [-0.1, -0.05) is 43.7 Å². The van der Waals surface area contributed by atoms with E-state index in [1.54, 1.807) is 30.5 Å². The van der Waals surface area contributed by atoms with E-state index in [4.69, 9.17) is 18.6 Å². The first kappa shape index (κ1) is 25.2. The van der Waals surface area contributed by atoms with Gasteiger partial charge in [0.25, 0.3) is 0 Å². The van der Waals surface area contributed by atoms with Gasteiger partial charge < -0.3 is 23.7 Å². The third-order valence-electron chi connectivity index (χ3n) is 5.97. The van der Waals surface area contributed by atoms with Crippen LogP contribution >= 0.6 is 0 Å². The molecule has 0 saturated heterocycles. The summed E-state index contributed by atoms with van der Waals surface area (Å²) in [6.45, 7) is 5.65. The molecular formula is C30H32O6. The van der Waals surface area contributed by atoms with Crippen LogP contribution < -0.4 is 14.2 Å². The van der Waals surface area contributed by atoms with Crippen LogP contribution in [0.25, 0.3) is 22.1 Å². The Labute approximate surface area is 211 Å². The number of benzene rings is 3. The van der Waals surface area contributed by atoms with Gasteiger partial charge in [0.1, 0.15) is 28.9 Å². The first-order chi connectivity index (χ1) is 17.4. The van der Waals surface area contributed by atoms with Crippen molar-refractivity contribution < 1.29 is 28.5 Å². The van der Waals surface area contributed by atoms with Crippen molar-refractivity contribution >= 4 is 16.9 Å². The Hall–Kier alpha value is -3.93. The number of hydrogen-bond donors (Lipinski definition) is 1. The molecule has 0 fully saturated rings. The Balaban J connectivity index is 1.34. The van der Waals surface area contributed by atoms with Crippen molar-refractivity contribution in [3.8, 4) is 28.4 Å². The van der Waals surface area contributed by atoms with Gasteiger partial charge in [0.2, 0.25) is 0 Å². The molecule has 0 bridgehead atoms. The molecule has 0 saturated carbocycles. The van der Waals surface area contributed by atoms with Gasteiger partial charge in [0.15, 0.2) is 5.60 Å². The molecule has 0 spiro atoms. The third kappa shape index (κ3) is 6.19. The number of carboxylic acids is 1. The van der Waals surface area contributed by atoms with Crippen molar-refractivity contribution in [3.63, 3.8) is 0 Å². The Kier molecular flexibility index (Phi) is 7.84. The van der Waals surface area contributed by atoms with Crippen LogP contribution in [0.1, 0.15) is 40.0 Å². The number of rotatable bonds is 12. The van der Waals surface area contributed by atoms with E-state index >= 15 is 0 Å². The fourth-order valence-electron chi connectivity index (χ4n) is 3.95. The highest BCUT2D eigenvalue weighted by Gasteiger charge is 2.29. The Bertz CT molecular complexity index is 1270. The topological polar surface area (TPSA) is 78.1 Å². The van der Waals surface area contributed by atoms with E-state index in [0.29, 0.717) is 18.1 Å². The van der Waals surface area contributed by atoms with Crippen molar-refractivity contribution in [2.24, 2.45) is 0 Å². The molecule has 1 unspecified atom stereocenters. The minimum absolute atomic E-state index is 0.00924. The van der Waals surface area contributed by atoms with E-state index in [-0.39, 0.29) is 6.10 Å². The van der Waals surface area contributed by atoms with Crippen LogP contribution in [0.5, 0.6) is 17.2 Å². The second-order valence-corrected chi connectivity index (χ2v) is 9.23. The highest BCUT2D eigenvalue weighted by molar-refractivity contribution is 5.94.